The third kappa shape index (κ3) is 6.51. The molecule has 1 saturated heterocycles. The summed E-state index contributed by atoms with van der Waals surface area (Å²) in [5.41, 5.74) is 0.374. The summed E-state index contributed by atoms with van der Waals surface area (Å²) in [6, 6.07) is 5.41. The molecule has 2 amide bonds. The molecule has 1 aromatic carbocycles. The zero-order valence-corrected chi connectivity index (χ0v) is 17.1. The highest BCUT2D eigenvalue weighted by Gasteiger charge is 2.26. The van der Waals surface area contributed by atoms with Gasteiger partial charge in [0.25, 0.3) is 0 Å². The van der Waals surface area contributed by atoms with Crippen LogP contribution in [0.2, 0.25) is 5.02 Å². The third-order valence-electron chi connectivity index (χ3n) is 3.83. The molecule has 0 aromatic heterocycles. The summed E-state index contributed by atoms with van der Waals surface area (Å²) in [4.78, 5) is 26.3. The lowest BCUT2D eigenvalue weighted by Gasteiger charge is -2.33. The molecule has 138 valence electrons. The summed E-state index contributed by atoms with van der Waals surface area (Å²) < 4.78 is 6.07. The maximum Gasteiger partial charge on any atom is 0.407 e. The Morgan fingerprint density at radius 2 is 2.12 bits per heavy atom. The van der Waals surface area contributed by atoms with Crippen LogP contribution in [0.15, 0.2) is 22.7 Å². The van der Waals surface area contributed by atoms with Crippen LogP contribution in [-0.4, -0.2) is 41.6 Å². The zero-order valence-electron chi connectivity index (χ0n) is 14.8. The molecule has 0 radical (unpaired) electrons. The summed E-state index contributed by atoms with van der Waals surface area (Å²) in [6.45, 7) is 6.70. The van der Waals surface area contributed by atoms with Crippen molar-refractivity contribution in [1.29, 1.82) is 0 Å². The highest BCUT2D eigenvalue weighted by atomic mass is 79.9. The van der Waals surface area contributed by atoms with Gasteiger partial charge in [-0.1, -0.05) is 17.7 Å². The van der Waals surface area contributed by atoms with Gasteiger partial charge in [-0.15, -0.1) is 0 Å². The molecule has 1 heterocycles. The molecule has 1 aliphatic heterocycles. The first-order valence-corrected chi connectivity index (χ1v) is 9.52. The van der Waals surface area contributed by atoms with Gasteiger partial charge in [-0.25, -0.2) is 4.79 Å². The second kappa shape index (κ2) is 8.41. The molecule has 0 aliphatic carbocycles. The summed E-state index contributed by atoms with van der Waals surface area (Å²) in [7, 11) is 0. The molecule has 0 bridgehead atoms. The molecule has 1 aliphatic rings. The first-order valence-electron chi connectivity index (χ1n) is 8.35. The van der Waals surface area contributed by atoms with Gasteiger partial charge >= 0.3 is 6.09 Å². The van der Waals surface area contributed by atoms with Gasteiger partial charge in [0, 0.05) is 23.6 Å². The maximum atomic E-state index is 12.6. The van der Waals surface area contributed by atoms with Gasteiger partial charge in [-0.2, -0.15) is 0 Å². The Kier molecular flexibility index (Phi) is 6.74. The number of amides is 2. The Labute approximate surface area is 162 Å². The highest BCUT2D eigenvalue weighted by Crippen LogP contribution is 2.24. The highest BCUT2D eigenvalue weighted by molar-refractivity contribution is 9.10. The van der Waals surface area contributed by atoms with Gasteiger partial charge in [-0.3, -0.25) is 4.79 Å². The van der Waals surface area contributed by atoms with E-state index in [2.05, 4.69) is 21.2 Å². The van der Waals surface area contributed by atoms with E-state index in [0.29, 0.717) is 24.5 Å². The van der Waals surface area contributed by atoms with Gasteiger partial charge in [0.2, 0.25) is 5.91 Å². The lowest BCUT2D eigenvalue weighted by Crippen LogP contribution is -2.50. The fourth-order valence-electron chi connectivity index (χ4n) is 2.73. The number of nitrogens with zero attached hydrogens (tertiary/aromatic N) is 1. The molecule has 2 rings (SSSR count). The molecular weight excluding hydrogens is 408 g/mol. The van der Waals surface area contributed by atoms with Gasteiger partial charge in [0.1, 0.15) is 5.60 Å². The van der Waals surface area contributed by atoms with Crippen LogP contribution in [0, 0.1) is 0 Å². The monoisotopic (exact) mass is 430 g/mol. The lowest BCUT2D eigenvalue weighted by molar-refractivity contribution is -0.131. The zero-order chi connectivity index (χ0) is 18.6. The minimum atomic E-state index is -0.532. The Morgan fingerprint density at radius 3 is 2.76 bits per heavy atom. The van der Waals surface area contributed by atoms with E-state index in [1.54, 1.807) is 11.0 Å². The predicted octanol–water partition coefficient (Wildman–Crippen LogP) is 4.16. The van der Waals surface area contributed by atoms with Crippen molar-refractivity contribution in [3.8, 4) is 0 Å². The average Bonchev–Trinajstić information content (AvgIpc) is 2.49. The Morgan fingerprint density at radius 1 is 1.40 bits per heavy atom. The molecule has 25 heavy (non-hydrogen) atoms. The van der Waals surface area contributed by atoms with Gasteiger partial charge in [0.05, 0.1) is 11.4 Å². The topological polar surface area (TPSA) is 58.6 Å². The lowest BCUT2D eigenvalue weighted by atomic mass is 10.0. The molecule has 1 atom stereocenters. The van der Waals surface area contributed by atoms with Crippen molar-refractivity contribution < 1.29 is 14.3 Å². The number of ether oxygens (including phenoxy) is 1. The number of carbonyl (C=O) groups excluding carboxylic acids is 2. The van der Waals surface area contributed by atoms with E-state index in [4.69, 9.17) is 16.3 Å². The summed E-state index contributed by atoms with van der Waals surface area (Å²) in [5, 5.41) is 3.48. The van der Waals surface area contributed by atoms with E-state index in [9.17, 15) is 9.59 Å². The van der Waals surface area contributed by atoms with Crippen molar-refractivity contribution in [2.45, 2.75) is 51.7 Å². The van der Waals surface area contributed by atoms with E-state index in [0.717, 1.165) is 22.9 Å². The van der Waals surface area contributed by atoms with Crippen LogP contribution in [0.25, 0.3) is 0 Å². The SMILES string of the molecule is CC(C)(C)OC(=O)NC1CCCN(C(=O)Cc2ccc(Cl)c(Br)c2)C1. The molecule has 0 spiro atoms. The number of carbonyl (C=O) groups is 2. The summed E-state index contributed by atoms with van der Waals surface area (Å²) >= 11 is 9.36. The Bertz CT molecular complexity index is 646. The summed E-state index contributed by atoms with van der Waals surface area (Å²) in [6.07, 6.45) is 1.58. The Hall–Kier alpha value is -1.27. The molecule has 0 saturated carbocycles. The van der Waals surface area contributed by atoms with E-state index < -0.39 is 11.7 Å². The van der Waals surface area contributed by atoms with Crippen LogP contribution in [-0.2, 0) is 16.0 Å². The van der Waals surface area contributed by atoms with E-state index >= 15 is 0 Å². The minimum Gasteiger partial charge on any atom is -0.444 e. The molecular formula is C18H24BrClN2O3. The molecule has 1 N–H and O–H groups in total. The number of rotatable bonds is 3. The van der Waals surface area contributed by atoms with Crippen molar-refractivity contribution in [1.82, 2.24) is 10.2 Å². The van der Waals surface area contributed by atoms with Crippen LogP contribution >= 0.6 is 27.5 Å². The molecule has 1 fully saturated rings. The first-order chi connectivity index (χ1) is 11.6. The number of hydrogen-bond donors (Lipinski definition) is 1. The fraction of sp³-hybridized carbons (Fsp3) is 0.556. The van der Waals surface area contributed by atoms with E-state index in [-0.39, 0.29) is 11.9 Å². The quantitative estimate of drug-likeness (QED) is 0.782. The number of benzene rings is 1. The predicted molar refractivity (Wildman–Crippen MR) is 102 cm³/mol. The standard InChI is InChI=1S/C18H24BrClN2O3/c1-18(2,3)25-17(24)21-13-5-4-8-22(11-13)16(23)10-12-6-7-15(20)14(19)9-12/h6-7,9,13H,4-5,8,10-11H2,1-3H3,(H,21,24). The number of alkyl carbamates (subject to hydrolysis) is 1. The van der Waals surface area contributed by atoms with Crippen molar-refractivity contribution in [3.63, 3.8) is 0 Å². The van der Waals surface area contributed by atoms with Crippen LogP contribution in [0.4, 0.5) is 4.79 Å². The van der Waals surface area contributed by atoms with Crippen molar-refractivity contribution >= 4 is 39.5 Å². The average molecular weight is 432 g/mol. The fourth-order valence-corrected chi connectivity index (χ4v) is 3.28. The van der Waals surface area contributed by atoms with E-state index in [1.807, 2.05) is 32.9 Å². The smallest absolute Gasteiger partial charge is 0.407 e. The third-order valence-corrected chi connectivity index (χ3v) is 5.05. The number of halogens is 2. The number of hydrogen-bond acceptors (Lipinski definition) is 3. The Balaban J connectivity index is 1.90. The largest absolute Gasteiger partial charge is 0.444 e. The number of piperidine rings is 1. The summed E-state index contributed by atoms with van der Waals surface area (Å²) in [5.74, 6) is 0.0462. The second-order valence-electron chi connectivity index (χ2n) is 7.25. The van der Waals surface area contributed by atoms with Gasteiger partial charge in [-0.05, 0) is 67.2 Å². The molecule has 7 heteroatoms. The second-order valence-corrected chi connectivity index (χ2v) is 8.51. The molecule has 1 aromatic rings. The number of likely N-dealkylation sites (tertiary alicyclic amines) is 1. The van der Waals surface area contributed by atoms with Crippen LogP contribution in [0.3, 0.4) is 0 Å². The van der Waals surface area contributed by atoms with Crippen LogP contribution in [0.1, 0.15) is 39.2 Å². The molecule has 5 nitrogen and oxygen atoms in total. The minimum absolute atomic E-state index is 0.0462. The van der Waals surface area contributed by atoms with Gasteiger partial charge in [0.15, 0.2) is 0 Å². The van der Waals surface area contributed by atoms with Gasteiger partial charge < -0.3 is 15.0 Å². The van der Waals surface area contributed by atoms with Crippen LogP contribution < -0.4 is 5.32 Å². The molecule has 1 unspecified atom stereocenters. The first kappa shape index (κ1) is 20.0. The number of nitrogens with one attached hydrogen (secondary N) is 1. The van der Waals surface area contributed by atoms with E-state index in [1.165, 1.54) is 0 Å². The van der Waals surface area contributed by atoms with Crippen molar-refractivity contribution in [2.75, 3.05) is 13.1 Å². The maximum absolute atomic E-state index is 12.6. The van der Waals surface area contributed by atoms with Crippen molar-refractivity contribution in [2.24, 2.45) is 0 Å². The van der Waals surface area contributed by atoms with Crippen LogP contribution in [0.5, 0.6) is 0 Å². The normalized spacial score (nSPS) is 18.0. The van der Waals surface area contributed by atoms with Crippen molar-refractivity contribution in [3.05, 3.63) is 33.3 Å².